The molecule has 2 aromatic rings. The van der Waals surface area contributed by atoms with Crippen LogP contribution in [0.1, 0.15) is 33.5 Å². The number of rotatable bonds is 4. The topological polar surface area (TPSA) is 51.9 Å². The first-order valence-corrected chi connectivity index (χ1v) is 8.21. The molecule has 1 aromatic carbocycles. The minimum absolute atomic E-state index is 0.00662. The summed E-state index contributed by atoms with van der Waals surface area (Å²) in [5.41, 5.74) is 1.59. The van der Waals surface area contributed by atoms with E-state index in [1.54, 1.807) is 13.0 Å². The maximum absolute atomic E-state index is 11.7. The number of furan rings is 1. The van der Waals surface area contributed by atoms with Crippen LogP contribution >= 0.6 is 11.6 Å². The number of hydrogen-bond acceptors (Lipinski definition) is 5. The predicted molar refractivity (Wildman–Crippen MR) is 90.2 cm³/mol. The molecular formula is C18H20ClNO4. The van der Waals surface area contributed by atoms with Gasteiger partial charge in [-0.1, -0.05) is 23.7 Å². The molecule has 0 spiro atoms. The van der Waals surface area contributed by atoms with Gasteiger partial charge in [0.05, 0.1) is 26.4 Å². The lowest BCUT2D eigenvalue weighted by Gasteiger charge is -2.32. The second-order valence-electron chi connectivity index (χ2n) is 5.82. The average molecular weight is 350 g/mol. The van der Waals surface area contributed by atoms with Gasteiger partial charge < -0.3 is 13.9 Å². The number of ether oxygens (including phenoxy) is 2. The maximum atomic E-state index is 11.7. The zero-order chi connectivity index (χ0) is 17.1. The highest BCUT2D eigenvalue weighted by Gasteiger charge is 2.24. The van der Waals surface area contributed by atoms with Crippen molar-refractivity contribution >= 4 is 17.6 Å². The van der Waals surface area contributed by atoms with Crippen LogP contribution in [0.4, 0.5) is 0 Å². The molecule has 0 saturated carbocycles. The summed E-state index contributed by atoms with van der Waals surface area (Å²) in [6.07, 6.45) is 0.00662. The largest absolute Gasteiger partial charge is 0.465 e. The summed E-state index contributed by atoms with van der Waals surface area (Å²) >= 11 is 5.94. The van der Waals surface area contributed by atoms with E-state index in [0.29, 0.717) is 29.5 Å². The standard InChI is InChI=1S/C18H20ClNO4/c1-12-16(18(21)22-2)9-15(24-12)10-20-7-8-23-17(11-20)13-3-5-14(19)6-4-13/h3-6,9,17H,7-8,10-11H2,1-2H3. The maximum Gasteiger partial charge on any atom is 0.341 e. The fourth-order valence-corrected chi connectivity index (χ4v) is 3.01. The normalized spacial score (nSPS) is 18.5. The van der Waals surface area contributed by atoms with E-state index in [2.05, 4.69) is 4.90 Å². The average Bonchev–Trinajstić information content (AvgIpc) is 2.95. The molecule has 3 rings (SSSR count). The number of hydrogen-bond donors (Lipinski definition) is 0. The number of halogens is 1. The summed E-state index contributed by atoms with van der Waals surface area (Å²) < 4.78 is 16.3. The van der Waals surface area contributed by atoms with E-state index in [1.165, 1.54) is 7.11 Å². The van der Waals surface area contributed by atoms with Crippen LogP contribution in [0.5, 0.6) is 0 Å². The monoisotopic (exact) mass is 349 g/mol. The van der Waals surface area contributed by atoms with Gasteiger partial charge in [0.2, 0.25) is 0 Å². The van der Waals surface area contributed by atoms with Crippen molar-refractivity contribution < 1.29 is 18.7 Å². The van der Waals surface area contributed by atoms with Gasteiger partial charge in [0.15, 0.2) is 0 Å². The highest BCUT2D eigenvalue weighted by atomic mass is 35.5. The Kier molecular flexibility index (Phi) is 5.23. The number of carbonyl (C=O) groups excluding carboxylic acids is 1. The van der Waals surface area contributed by atoms with Crippen LogP contribution in [0.25, 0.3) is 0 Å². The number of carbonyl (C=O) groups is 1. The highest BCUT2D eigenvalue weighted by molar-refractivity contribution is 6.30. The molecule has 0 amide bonds. The van der Waals surface area contributed by atoms with E-state index in [1.807, 2.05) is 24.3 Å². The Morgan fingerprint density at radius 2 is 2.12 bits per heavy atom. The lowest BCUT2D eigenvalue weighted by molar-refractivity contribution is -0.0347. The summed E-state index contributed by atoms with van der Waals surface area (Å²) in [5, 5.41) is 0.716. The number of nitrogens with zero attached hydrogens (tertiary/aromatic N) is 1. The van der Waals surface area contributed by atoms with Gasteiger partial charge in [-0.2, -0.15) is 0 Å². The van der Waals surface area contributed by atoms with E-state index >= 15 is 0 Å². The predicted octanol–water partition coefficient (Wildman–Crippen LogP) is 3.60. The summed E-state index contributed by atoms with van der Waals surface area (Å²) in [6, 6.07) is 9.48. The molecule has 6 heteroatoms. The van der Waals surface area contributed by atoms with Crippen molar-refractivity contribution in [2.75, 3.05) is 26.8 Å². The highest BCUT2D eigenvalue weighted by Crippen LogP contribution is 2.25. The second kappa shape index (κ2) is 7.38. The van der Waals surface area contributed by atoms with Crippen LogP contribution in [0.3, 0.4) is 0 Å². The number of esters is 1. The fraction of sp³-hybridized carbons (Fsp3) is 0.389. The molecule has 5 nitrogen and oxygen atoms in total. The summed E-state index contributed by atoms with van der Waals surface area (Å²) in [6.45, 7) is 4.63. The van der Waals surface area contributed by atoms with E-state index < -0.39 is 0 Å². The fourth-order valence-electron chi connectivity index (χ4n) is 2.88. The van der Waals surface area contributed by atoms with E-state index in [0.717, 1.165) is 24.4 Å². The molecular weight excluding hydrogens is 330 g/mol. The van der Waals surface area contributed by atoms with Gasteiger partial charge in [-0.15, -0.1) is 0 Å². The quantitative estimate of drug-likeness (QED) is 0.789. The molecule has 128 valence electrons. The Balaban J connectivity index is 1.67. The van der Waals surface area contributed by atoms with Crippen molar-refractivity contribution in [1.82, 2.24) is 4.90 Å². The molecule has 1 atom stereocenters. The van der Waals surface area contributed by atoms with Crippen molar-refractivity contribution in [1.29, 1.82) is 0 Å². The molecule has 1 aliphatic rings. The van der Waals surface area contributed by atoms with Crippen LogP contribution in [0.2, 0.25) is 5.02 Å². The lowest BCUT2D eigenvalue weighted by Crippen LogP contribution is -2.37. The molecule has 2 heterocycles. The molecule has 1 aliphatic heterocycles. The lowest BCUT2D eigenvalue weighted by atomic mass is 10.1. The Hall–Kier alpha value is -1.82. The molecule has 0 radical (unpaired) electrons. The molecule has 1 fully saturated rings. The van der Waals surface area contributed by atoms with Crippen LogP contribution in [0, 0.1) is 6.92 Å². The second-order valence-corrected chi connectivity index (χ2v) is 6.26. The zero-order valence-electron chi connectivity index (χ0n) is 13.8. The van der Waals surface area contributed by atoms with E-state index in [4.69, 9.17) is 25.5 Å². The molecule has 1 unspecified atom stereocenters. The Morgan fingerprint density at radius 1 is 1.38 bits per heavy atom. The number of aryl methyl sites for hydroxylation is 1. The van der Waals surface area contributed by atoms with Crippen molar-refractivity contribution in [3.05, 3.63) is 58.0 Å². The van der Waals surface area contributed by atoms with Crippen molar-refractivity contribution in [2.45, 2.75) is 19.6 Å². The smallest absolute Gasteiger partial charge is 0.341 e. The van der Waals surface area contributed by atoms with Gasteiger partial charge >= 0.3 is 5.97 Å². The third kappa shape index (κ3) is 3.80. The van der Waals surface area contributed by atoms with Gasteiger partial charge in [0.1, 0.15) is 17.1 Å². The molecule has 1 saturated heterocycles. The summed E-state index contributed by atoms with van der Waals surface area (Å²) in [4.78, 5) is 13.9. The Morgan fingerprint density at radius 3 is 2.83 bits per heavy atom. The van der Waals surface area contributed by atoms with Gasteiger partial charge in [-0.25, -0.2) is 4.79 Å². The molecule has 0 bridgehead atoms. The molecule has 0 N–H and O–H groups in total. The minimum Gasteiger partial charge on any atom is -0.465 e. The van der Waals surface area contributed by atoms with Crippen LogP contribution in [-0.2, 0) is 16.0 Å². The Labute approximate surface area is 146 Å². The third-order valence-electron chi connectivity index (χ3n) is 4.15. The summed E-state index contributed by atoms with van der Waals surface area (Å²) in [5.74, 6) is 0.965. The molecule has 1 aromatic heterocycles. The van der Waals surface area contributed by atoms with Gasteiger partial charge in [0, 0.05) is 18.1 Å². The van der Waals surface area contributed by atoms with Crippen LogP contribution in [0.15, 0.2) is 34.7 Å². The zero-order valence-corrected chi connectivity index (χ0v) is 14.5. The van der Waals surface area contributed by atoms with Gasteiger partial charge in [-0.05, 0) is 30.7 Å². The van der Waals surface area contributed by atoms with Crippen molar-refractivity contribution in [3.63, 3.8) is 0 Å². The van der Waals surface area contributed by atoms with E-state index in [-0.39, 0.29) is 12.1 Å². The third-order valence-corrected chi connectivity index (χ3v) is 4.40. The van der Waals surface area contributed by atoms with Crippen LogP contribution < -0.4 is 0 Å². The Bertz CT molecular complexity index is 710. The summed E-state index contributed by atoms with van der Waals surface area (Å²) in [7, 11) is 1.37. The van der Waals surface area contributed by atoms with Crippen LogP contribution in [-0.4, -0.2) is 37.7 Å². The van der Waals surface area contributed by atoms with Gasteiger partial charge in [-0.3, -0.25) is 4.90 Å². The van der Waals surface area contributed by atoms with Crippen molar-refractivity contribution in [2.24, 2.45) is 0 Å². The van der Waals surface area contributed by atoms with E-state index in [9.17, 15) is 4.79 Å². The minimum atomic E-state index is -0.372. The first-order valence-electron chi connectivity index (χ1n) is 7.84. The number of benzene rings is 1. The first-order chi connectivity index (χ1) is 11.6. The van der Waals surface area contributed by atoms with Crippen molar-refractivity contribution in [3.8, 4) is 0 Å². The molecule has 24 heavy (non-hydrogen) atoms. The first kappa shape index (κ1) is 17.0. The van der Waals surface area contributed by atoms with Gasteiger partial charge in [0.25, 0.3) is 0 Å². The molecule has 0 aliphatic carbocycles. The number of morpholine rings is 1. The SMILES string of the molecule is COC(=O)c1cc(CN2CCOC(c3ccc(Cl)cc3)C2)oc1C. The number of methoxy groups -OCH3 is 1.